The van der Waals surface area contributed by atoms with Crippen molar-refractivity contribution in [3.05, 3.63) is 0 Å². The molecule has 0 aromatic rings. The van der Waals surface area contributed by atoms with E-state index in [-0.39, 0.29) is 5.91 Å². The van der Waals surface area contributed by atoms with Crippen LogP contribution in [0.1, 0.15) is 45.4 Å². The van der Waals surface area contributed by atoms with Gasteiger partial charge in [-0.25, -0.2) is 4.79 Å². The van der Waals surface area contributed by atoms with E-state index in [1.54, 1.807) is 11.8 Å². The van der Waals surface area contributed by atoms with Crippen LogP contribution in [0.5, 0.6) is 0 Å². The van der Waals surface area contributed by atoms with Crippen LogP contribution in [0.4, 0.5) is 0 Å². The fourth-order valence-electron chi connectivity index (χ4n) is 1.46. The van der Waals surface area contributed by atoms with E-state index in [4.69, 9.17) is 5.11 Å². The highest BCUT2D eigenvalue weighted by Gasteiger charge is 2.18. The summed E-state index contributed by atoms with van der Waals surface area (Å²) in [6, 6.07) is -0.719. The van der Waals surface area contributed by atoms with Crippen molar-refractivity contribution in [2.75, 3.05) is 12.0 Å². The lowest BCUT2D eigenvalue weighted by molar-refractivity contribution is -0.142. The molecule has 0 aliphatic rings. The van der Waals surface area contributed by atoms with Gasteiger partial charge in [0.05, 0.1) is 0 Å². The van der Waals surface area contributed by atoms with Crippen molar-refractivity contribution >= 4 is 23.6 Å². The summed E-state index contributed by atoms with van der Waals surface area (Å²) >= 11 is 1.76. The highest BCUT2D eigenvalue weighted by Crippen LogP contribution is 2.04. The number of carbonyl (C=O) groups excluding carboxylic acids is 1. The summed E-state index contributed by atoms with van der Waals surface area (Å²) in [6.45, 7) is 2.00. The summed E-state index contributed by atoms with van der Waals surface area (Å²) in [5.74, 6) is -0.0311. The van der Waals surface area contributed by atoms with Gasteiger partial charge in [0.2, 0.25) is 5.91 Å². The Bertz CT molecular complexity index is 234. The third-order valence-electron chi connectivity index (χ3n) is 2.48. The molecule has 1 amide bonds. The molecule has 0 saturated heterocycles. The molecular formula is C12H23NO3S. The summed E-state index contributed by atoms with van der Waals surface area (Å²) in [5, 5.41) is 11.5. The molecule has 0 unspecified atom stereocenters. The van der Waals surface area contributed by atoms with Gasteiger partial charge in [0.15, 0.2) is 0 Å². The molecule has 0 saturated carbocycles. The molecule has 0 fully saturated rings. The Kier molecular flexibility index (Phi) is 10.0. The number of hydrogen-bond donors (Lipinski definition) is 2. The SMILES string of the molecule is CCCC[C@H](NC(=O)CCCCSC)C(=O)O. The zero-order valence-electron chi connectivity index (χ0n) is 10.7. The topological polar surface area (TPSA) is 66.4 Å². The van der Waals surface area contributed by atoms with Gasteiger partial charge in [0.1, 0.15) is 6.04 Å². The van der Waals surface area contributed by atoms with E-state index in [0.29, 0.717) is 12.8 Å². The minimum Gasteiger partial charge on any atom is -0.480 e. The van der Waals surface area contributed by atoms with Gasteiger partial charge in [-0.3, -0.25) is 4.79 Å². The zero-order valence-corrected chi connectivity index (χ0v) is 11.5. The van der Waals surface area contributed by atoms with Crippen LogP contribution in [0.3, 0.4) is 0 Å². The van der Waals surface area contributed by atoms with Crippen LogP contribution in [-0.2, 0) is 9.59 Å². The van der Waals surface area contributed by atoms with Crippen LogP contribution in [0.15, 0.2) is 0 Å². The Morgan fingerprint density at radius 1 is 1.29 bits per heavy atom. The first-order chi connectivity index (χ1) is 8.11. The smallest absolute Gasteiger partial charge is 0.326 e. The maximum atomic E-state index is 11.5. The minimum atomic E-state index is -0.934. The zero-order chi connectivity index (χ0) is 13.1. The van der Waals surface area contributed by atoms with Gasteiger partial charge in [0, 0.05) is 6.42 Å². The van der Waals surface area contributed by atoms with Crippen molar-refractivity contribution < 1.29 is 14.7 Å². The van der Waals surface area contributed by atoms with E-state index < -0.39 is 12.0 Å². The lowest BCUT2D eigenvalue weighted by Gasteiger charge is -2.13. The molecule has 0 heterocycles. The number of carboxylic acids is 1. The third kappa shape index (κ3) is 9.03. The van der Waals surface area contributed by atoms with Gasteiger partial charge in [0.25, 0.3) is 0 Å². The maximum absolute atomic E-state index is 11.5. The third-order valence-corrected chi connectivity index (χ3v) is 3.18. The second-order valence-electron chi connectivity index (χ2n) is 4.05. The second-order valence-corrected chi connectivity index (χ2v) is 5.04. The van der Waals surface area contributed by atoms with E-state index in [9.17, 15) is 9.59 Å². The van der Waals surface area contributed by atoms with Crippen molar-refractivity contribution in [3.63, 3.8) is 0 Å². The van der Waals surface area contributed by atoms with Gasteiger partial charge in [-0.1, -0.05) is 19.8 Å². The molecule has 0 aliphatic carbocycles. The number of amides is 1. The highest BCUT2D eigenvalue weighted by molar-refractivity contribution is 7.98. The van der Waals surface area contributed by atoms with Crippen molar-refractivity contribution in [2.24, 2.45) is 0 Å². The van der Waals surface area contributed by atoms with Crippen molar-refractivity contribution in [1.82, 2.24) is 5.32 Å². The number of carboxylic acid groups (broad SMARTS) is 1. The van der Waals surface area contributed by atoms with Crippen molar-refractivity contribution in [1.29, 1.82) is 0 Å². The predicted molar refractivity (Wildman–Crippen MR) is 71.3 cm³/mol. The molecule has 0 aliphatic heterocycles. The molecule has 0 rings (SSSR count). The number of nitrogens with one attached hydrogen (secondary N) is 1. The summed E-state index contributed by atoms with van der Waals surface area (Å²) in [6.07, 6.45) is 6.56. The fraction of sp³-hybridized carbons (Fsp3) is 0.833. The Balaban J connectivity index is 3.83. The number of carbonyl (C=O) groups is 2. The average Bonchev–Trinajstić information content (AvgIpc) is 2.29. The van der Waals surface area contributed by atoms with Crippen LogP contribution in [0, 0.1) is 0 Å². The van der Waals surface area contributed by atoms with E-state index in [0.717, 1.165) is 31.4 Å². The quantitative estimate of drug-likeness (QED) is 0.592. The Morgan fingerprint density at radius 2 is 2.00 bits per heavy atom. The summed E-state index contributed by atoms with van der Waals surface area (Å²) in [5.41, 5.74) is 0. The molecule has 0 radical (unpaired) electrons. The minimum absolute atomic E-state index is 0.144. The van der Waals surface area contributed by atoms with E-state index >= 15 is 0 Å². The highest BCUT2D eigenvalue weighted by atomic mass is 32.2. The number of unbranched alkanes of at least 4 members (excludes halogenated alkanes) is 2. The molecule has 4 nitrogen and oxygen atoms in total. The second kappa shape index (κ2) is 10.4. The fourth-order valence-corrected chi connectivity index (χ4v) is 1.96. The van der Waals surface area contributed by atoms with Gasteiger partial charge in [-0.15, -0.1) is 0 Å². The monoisotopic (exact) mass is 261 g/mol. The lowest BCUT2D eigenvalue weighted by atomic mass is 10.1. The molecule has 100 valence electrons. The van der Waals surface area contributed by atoms with Crippen LogP contribution >= 0.6 is 11.8 Å². The standard InChI is InChI=1S/C12H23NO3S/c1-3-4-7-10(12(15)16)13-11(14)8-5-6-9-17-2/h10H,3-9H2,1-2H3,(H,13,14)(H,15,16)/t10-/m0/s1. The van der Waals surface area contributed by atoms with Gasteiger partial charge in [-0.2, -0.15) is 11.8 Å². The Morgan fingerprint density at radius 3 is 2.53 bits per heavy atom. The summed E-state index contributed by atoms with van der Waals surface area (Å²) in [7, 11) is 0. The van der Waals surface area contributed by atoms with Crippen LogP contribution in [0.25, 0.3) is 0 Å². The molecule has 2 N–H and O–H groups in total. The molecule has 0 spiro atoms. The first-order valence-corrected chi connectivity index (χ1v) is 7.52. The number of thioether (sulfide) groups is 1. The van der Waals surface area contributed by atoms with Crippen molar-refractivity contribution in [2.45, 2.75) is 51.5 Å². The van der Waals surface area contributed by atoms with Gasteiger partial charge >= 0.3 is 5.97 Å². The van der Waals surface area contributed by atoms with Crippen LogP contribution < -0.4 is 5.32 Å². The molecule has 17 heavy (non-hydrogen) atoms. The number of hydrogen-bond acceptors (Lipinski definition) is 3. The van der Waals surface area contributed by atoms with E-state index in [1.165, 1.54) is 0 Å². The predicted octanol–water partition coefficient (Wildman–Crippen LogP) is 2.28. The molecular weight excluding hydrogens is 238 g/mol. The first-order valence-electron chi connectivity index (χ1n) is 6.13. The van der Waals surface area contributed by atoms with Gasteiger partial charge < -0.3 is 10.4 Å². The Hall–Kier alpha value is -0.710. The number of rotatable bonds is 10. The molecule has 1 atom stereocenters. The molecule has 0 aromatic carbocycles. The largest absolute Gasteiger partial charge is 0.480 e. The van der Waals surface area contributed by atoms with Crippen LogP contribution in [-0.4, -0.2) is 35.0 Å². The van der Waals surface area contributed by atoms with E-state index in [2.05, 4.69) is 5.32 Å². The van der Waals surface area contributed by atoms with E-state index in [1.807, 2.05) is 13.2 Å². The molecule has 0 bridgehead atoms. The first kappa shape index (κ1) is 16.3. The van der Waals surface area contributed by atoms with Crippen molar-refractivity contribution in [3.8, 4) is 0 Å². The maximum Gasteiger partial charge on any atom is 0.326 e. The number of aliphatic carboxylic acids is 1. The Labute approximate surface area is 108 Å². The molecule has 5 heteroatoms. The molecule has 0 aromatic heterocycles. The van der Waals surface area contributed by atoms with Crippen LogP contribution in [0.2, 0.25) is 0 Å². The normalized spacial score (nSPS) is 12.1. The lowest BCUT2D eigenvalue weighted by Crippen LogP contribution is -2.40. The summed E-state index contributed by atoms with van der Waals surface area (Å²) < 4.78 is 0. The summed E-state index contributed by atoms with van der Waals surface area (Å²) in [4.78, 5) is 22.4. The average molecular weight is 261 g/mol. The van der Waals surface area contributed by atoms with Gasteiger partial charge in [-0.05, 0) is 31.3 Å².